The van der Waals surface area contributed by atoms with Crippen LogP contribution in [0.3, 0.4) is 0 Å². The highest BCUT2D eigenvalue weighted by Gasteiger charge is 2.39. The third kappa shape index (κ3) is 1.72. The number of aliphatic carboxylic acids is 1. The first-order valence-corrected chi connectivity index (χ1v) is 6.24. The highest BCUT2D eigenvalue weighted by Crippen LogP contribution is 2.26. The van der Waals surface area contributed by atoms with E-state index in [1.807, 2.05) is 0 Å². The van der Waals surface area contributed by atoms with Crippen LogP contribution < -0.4 is 0 Å². The molecule has 1 aliphatic rings. The number of sulfonamides is 1. The summed E-state index contributed by atoms with van der Waals surface area (Å²) in [5.41, 5.74) is 0. The van der Waals surface area contributed by atoms with Crippen LogP contribution in [0.1, 0.15) is 12.8 Å². The second-order valence-corrected chi connectivity index (χ2v) is 5.46. The highest BCUT2D eigenvalue weighted by molar-refractivity contribution is 7.89. The van der Waals surface area contributed by atoms with Crippen LogP contribution in [0, 0.1) is 0 Å². The van der Waals surface area contributed by atoms with Gasteiger partial charge >= 0.3 is 5.97 Å². The first-order valence-electron chi connectivity index (χ1n) is 4.80. The summed E-state index contributed by atoms with van der Waals surface area (Å²) in [6.45, 7) is 0.241. The van der Waals surface area contributed by atoms with Gasteiger partial charge in [0.05, 0.1) is 6.26 Å². The largest absolute Gasteiger partial charge is 0.480 e. The Morgan fingerprint density at radius 3 is 2.88 bits per heavy atom. The molecule has 0 aromatic carbocycles. The van der Waals surface area contributed by atoms with Crippen molar-refractivity contribution in [2.75, 3.05) is 6.54 Å². The van der Waals surface area contributed by atoms with Crippen molar-refractivity contribution in [2.24, 2.45) is 0 Å². The van der Waals surface area contributed by atoms with Crippen molar-refractivity contribution in [1.29, 1.82) is 0 Å². The van der Waals surface area contributed by atoms with Gasteiger partial charge in [0.15, 0.2) is 0 Å². The first-order chi connectivity index (χ1) is 7.53. The average molecular weight is 245 g/mol. The van der Waals surface area contributed by atoms with Gasteiger partial charge in [-0.1, -0.05) is 0 Å². The molecule has 88 valence electrons. The van der Waals surface area contributed by atoms with Gasteiger partial charge in [0.25, 0.3) is 0 Å². The number of carboxylic acid groups (broad SMARTS) is 1. The lowest BCUT2D eigenvalue weighted by Gasteiger charge is -2.19. The number of nitrogens with zero attached hydrogens (tertiary/aromatic N) is 1. The normalized spacial score (nSPS) is 22.4. The summed E-state index contributed by atoms with van der Waals surface area (Å²) >= 11 is 0. The minimum absolute atomic E-state index is 0.000602. The molecule has 0 unspecified atom stereocenters. The van der Waals surface area contributed by atoms with Crippen molar-refractivity contribution >= 4 is 16.0 Å². The second-order valence-electron chi connectivity index (χ2n) is 3.57. The maximum absolute atomic E-state index is 12.0. The molecule has 6 nitrogen and oxygen atoms in total. The Morgan fingerprint density at radius 1 is 1.56 bits per heavy atom. The Balaban J connectivity index is 2.34. The lowest BCUT2D eigenvalue weighted by Crippen LogP contribution is -2.40. The maximum atomic E-state index is 12.0. The molecule has 2 rings (SSSR count). The highest BCUT2D eigenvalue weighted by atomic mass is 32.2. The summed E-state index contributed by atoms with van der Waals surface area (Å²) in [5.74, 6) is -1.11. The van der Waals surface area contributed by atoms with Gasteiger partial charge < -0.3 is 9.52 Å². The summed E-state index contributed by atoms with van der Waals surface area (Å²) in [5, 5.41) is 8.91. The molecule has 1 aliphatic heterocycles. The average Bonchev–Trinajstić information content (AvgIpc) is 2.89. The van der Waals surface area contributed by atoms with Crippen LogP contribution in [0.15, 0.2) is 27.9 Å². The molecule has 1 aromatic rings. The van der Waals surface area contributed by atoms with Gasteiger partial charge in [0, 0.05) is 6.54 Å². The van der Waals surface area contributed by atoms with Crippen LogP contribution in [0.4, 0.5) is 0 Å². The van der Waals surface area contributed by atoms with Crippen molar-refractivity contribution < 1.29 is 22.7 Å². The van der Waals surface area contributed by atoms with E-state index in [0.29, 0.717) is 12.8 Å². The summed E-state index contributed by atoms with van der Waals surface area (Å²) in [4.78, 5) is 10.9. The van der Waals surface area contributed by atoms with E-state index in [0.717, 1.165) is 10.6 Å². The van der Waals surface area contributed by atoms with Crippen molar-refractivity contribution in [3.05, 3.63) is 18.6 Å². The van der Waals surface area contributed by atoms with Crippen LogP contribution in [0.25, 0.3) is 0 Å². The topological polar surface area (TPSA) is 87.8 Å². The Morgan fingerprint density at radius 2 is 2.31 bits per heavy atom. The molecule has 0 bridgehead atoms. The molecule has 1 saturated heterocycles. The Labute approximate surface area is 92.5 Å². The summed E-state index contributed by atoms with van der Waals surface area (Å²) in [7, 11) is -3.73. The van der Waals surface area contributed by atoms with Gasteiger partial charge in [0.1, 0.15) is 17.2 Å². The molecule has 1 fully saturated rings. The summed E-state index contributed by atoms with van der Waals surface area (Å²) < 4.78 is 29.7. The summed E-state index contributed by atoms with van der Waals surface area (Å²) in [6.07, 6.45) is 3.27. The number of hydrogen-bond acceptors (Lipinski definition) is 4. The van der Waals surface area contributed by atoms with Gasteiger partial charge in [-0.25, -0.2) is 8.42 Å². The lowest BCUT2D eigenvalue weighted by molar-refractivity contribution is -0.140. The molecule has 1 atom stereocenters. The molecule has 0 amide bonds. The number of hydrogen-bond donors (Lipinski definition) is 1. The molecule has 7 heteroatoms. The van der Waals surface area contributed by atoms with E-state index >= 15 is 0 Å². The molecule has 0 saturated carbocycles. The van der Waals surface area contributed by atoms with Gasteiger partial charge in [-0.3, -0.25) is 4.79 Å². The number of rotatable bonds is 3. The quantitative estimate of drug-likeness (QED) is 0.838. The number of carbonyl (C=O) groups is 1. The molecule has 1 N–H and O–H groups in total. The van der Waals surface area contributed by atoms with Crippen LogP contribution >= 0.6 is 0 Å². The first kappa shape index (κ1) is 11.2. The fraction of sp³-hybridized carbons (Fsp3) is 0.444. The third-order valence-corrected chi connectivity index (χ3v) is 4.47. The molecule has 0 spiro atoms. The SMILES string of the molecule is O=C(O)[C@@H]1CCCN1S(=O)(=O)c1ccoc1. The number of carboxylic acids is 1. The molecule has 16 heavy (non-hydrogen) atoms. The van der Waals surface area contributed by atoms with E-state index in [9.17, 15) is 13.2 Å². The van der Waals surface area contributed by atoms with Crippen molar-refractivity contribution in [3.63, 3.8) is 0 Å². The van der Waals surface area contributed by atoms with Crippen molar-refractivity contribution in [1.82, 2.24) is 4.31 Å². The van der Waals surface area contributed by atoms with Gasteiger partial charge in [-0.05, 0) is 18.9 Å². The van der Waals surface area contributed by atoms with Crippen LogP contribution in [0.5, 0.6) is 0 Å². The van der Waals surface area contributed by atoms with Gasteiger partial charge in [-0.15, -0.1) is 0 Å². The van der Waals surface area contributed by atoms with E-state index < -0.39 is 22.0 Å². The minimum Gasteiger partial charge on any atom is -0.480 e. The van der Waals surface area contributed by atoms with Crippen LogP contribution in [0.2, 0.25) is 0 Å². The van der Waals surface area contributed by atoms with Crippen LogP contribution in [-0.4, -0.2) is 36.4 Å². The smallest absolute Gasteiger partial charge is 0.322 e. The predicted molar refractivity (Wildman–Crippen MR) is 53.3 cm³/mol. The predicted octanol–water partition coefficient (Wildman–Crippen LogP) is 0.517. The third-order valence-electron chi connectivity index (χ3n) is 2.59. The van der Waals surface area contributed by atoms with E-state index in [-0.39, 0.29) is 11.4 Å². The van der Waals surface area contributed by atoms with Gasteiger partial charge in [-0.2, -0.15) is 4.31 Å². The second kappa shape index (κ2) is 3.91. The molecular weight excluding hydrogens is 234 g/mol. The molecule has 1 aromatic heterocycles. The molecule has 0 aliphatic carbocycles. The van der Waals surface area contributed by atoms with E-state index in [1.54, 1.807) is 0 Å². The zero-order chi connectivity index (χ0) is 11.8. The van der Waals surface area contributed by atoms with Gasteiger partial charge in [0.2, 0.25) is 10.0 Å². The standard InChI is InChI=1S/C9H11NO5S/c11-9(12)8-2-1-4-10(8)16(13,14)7-3-5-15-6-7/h3,5-6,8H,1-2,4H2,(H,11,12)/t8-/m0/s1. The van der Waals surface area contributed by atoms with Crippen LogP contribution in [-0.2, 0) is 14.8 Å². The molecular formula is C9H11NO5S. The van der Waals surface area contributed by atoms with Crippen molar-refractivity contribution in [2.45, 2.75) is 23.8 Å². The fourth-order valence-electron chi connectivity index (χ4n) is 1.81. The van der Waals surface area contributed by atoms with E-state index in [4.69, 9.17) is 9.52 Å². The maximum Gasteiger partial charge on any atom is 0.322 e. The van der Waals surface area contributed by atoms with Crippen molar-refractivity contribution in [3.8, 4) is 0 Å². The summed E-state index contributed by atoms with van der Waals surface area (Å²) in [6, 6.07) is 0.354. The molecule has 2 heterocycles. The monoisotopic (exact) mass is 245 g/mol. The lowest BCUT2D eigenvalue weighted by atomic mass is 10.2. The Bertz CT molecular complexity index is 478. The minimum atomic E-state index is -3.73. The zero-order valence-corrected chi connectivity index (χ0v) is 9.18. The Kier molecular flexibility index (Phi) is 2.73. The van der Waals surface area contributed by atoms with E-state index in [1.165, 1.54) is 12.3 Å². The van der Waals surface area contributed by atoms with E-state index in [2.05, 4.69) is 0 Å². The Hall–Kier alpha value is -1.34. The fourth-order valence-corrected chi connectivity index (χ4v) is 3.38. The molecule has 0 radical (unpaired) electrons. The zero-order valence-electron chi connectivity index (χ0n) is 8.37. The number of furan rings is 1.